The van der Waals surface area contributed by atoms with Crippen molar-refractivity contribution in [2.45, 2.75) is 26.1 Å². The normalized spacial score (nSPS) is 20.1. The van der Waals surface area contributed by atoms with Crippen LogP contribution in [0.2, 0.25) is 10.0 Å². The van der Waals surface area contributed by atoms with Gasteiger partial charge in [-0.25, -0.2) is 0 Å². The topological polar surface area (TPSA) is 44.4 Å². The second kappa shape index (κ2) is 6.23. The molecule has 7 heteroatoms. The van der Waals surface area contributed by atoms with Gasteiger partial charge in [-0.05, 0) is 24.6 Å². The van der Waals surface area contributed by atoms with Crippen molar-refractivity contribution >= 4 is 45.4 Å². The number of nitrogens with one attached hydrogen (secondary N) is 2. The number of nitrogens with zero attached hydrogens (tertiary/aromatic N) is 1. The average molecular weight is 382 g/mol. The first-order valence-corrected chi connectivity index (χ1v) is 9.54. The molecule has 2 N–H and O–H groups in total. The van der Waals surface area contributed by atoms with Crippen LogP contribution >= 0.6 is 34.5 Å². The maximum Gasteiger partial charge on any atom is 0.256 e. The average Bonchev–Trinajstić information content (AvgIpc) is 2.94. The number of rotatable bonds is 2. The highest BCUT2D eigenvalue weighted by Crippen LogP contribution is 2.42. The van der Waals surface area contributed by atoms with E-state index in [1.807, 2.05) is 12.1 Å². The molecule has 2 aromatic rings. The summed E-state index contributed by atoms with van der Waals surface area (Å²) in [4.78, 5) is 16.4. The molecule has 1 unspecified atom stereocenters. The lowest BCUT2D eigenvalue weighted by molar-refractivity contribution is 0.0935. The van der Waals surface area contributed by atoms with Crippen molar-refractivity contribution < 1.29 is 4.79 Å². The molecule has 1 amide bonds. The van der Waals surface area contributed by atoms with Gasteiger partial charge in [0.2, 0.25) is 0 Å². The molecule has 0 fully saturated rings. The Bertz CT molecular complexity index is 820. The number of amides is 1. The van der Waals surface area contributed by atoms with E-state index in [-0.39, 0.29) is 12.1 Å². The molecule has 4 nitrogen and oxygen atoms in total. The van der Waals surface area contributed by atoms with E-state index in [4.69, 9.17) is 23.2 Å². The predicted molar refractivity (Wildman–Crippen MR) is 99.3 cm³/mol. The van der Waals surface area contributed by atoms with Crippen LogP contribution in [-0.4, -0.2) is 23.9 Å². The van der Waals surface area contributed by atoms with Crippen LogP contribution in [0.3, 0.4) is 0 Å². The minimum Gasteiger partial charge on any atom is -0.353 e. The Balaban J connectivity index is 1.70. The van der Waals surface area contributed by atoms with Crippen LogP contribution in [0, 0.1) is 0 Å². The quantitative estimate of drug-likeness (QED) is 0.815. The number of halogens is 2. The fraction of sp³-hybridized carbons (Fsp3) is 0.353. The first-order valence-electron chi connectivity index (χ1n) is 7.96. The number of fused-ring (bicyclic) bond motifs is 3. The van der Waals surface area contributed by atoms with Crippen molar-refractivity contribution in [3.63, 3.8) is 0 Å². The number of hydrogen-bond donors (Lipinski definition) is 2. The van der Waals surface area contributed by atoms with Crippen LogP contribution in [0.5, 0.6) is 0 Å². The van der Waals surface area contributed by atoms with E-state index in [2.05, 4.69) is 22.5 Å². The SMILES string of the molecule is CCN1CCc2c(sc3c2C(=O)NC(c2cccc(Cl)c2Cl)N3)C1. The summed E-state index contributed by atoms with van der Waals surface area (Å²) >= 11 is 14.1. The van der Waals surface area contributed by atoms with Crippen molar-refractivity contribution in [2.24, 2.45) is 0 Å². The molecule has 0 saturated carbocycles. The number of benzene rings is 1. The number of carbonyl (C=O) groups is 1. The highest BCUT2D eigenvalue weighted by molar-refractivity contribution is 7.16. The maximum atomic E-state index is 12.7. The van der Waals surface area contributed by atoms with Gasteiger partial charge >= 0.3 is 0 Å². The van der Waals surface area contributed by atoms with Gasteiger partial charge < -0.3 is 10.6 Å². The summed E-state index contributed by atoms with van der Waals surface area (Å²) in [5.74, 6) is -0.0350. The van der Waals surface area contributed by atoms with Gasteiger partial charge in [0.1, 0.15) is 11.2 Å². The summed E-state index contributed by atoms with van der Waals surface area (Å²) in [6.45, 7) is 5.12. The van der Waals surface area contributed by atoms with Gasteiger partial charge in [-0.2, -0.15) is 0 Å². The second-order valence-electron chi connectivity index (χ2n) is 6.02. The van der Waals surface area contributed by atoms with Crippen molar-refractivity contribution in [3.05, 3.63) is 49.8 Å². The van der Waals surface area contributed by atoms with E-state index in [1.54, 1.807) is 17.4 Å². The molecule has 0 aliphatic carbocycles. The smallest absolute Gasteiger partial charge is 0.256 e. The zero-order valence-electron chi connectivity index (χ0n) is 13.2. The van der Waals surface area contributed by atoms with E-state index in [9.17, 15) is 4.79 Å². The molecule has 2 aliphatic rings. The standard InChI is InChI=1S/C17H17Cl2N3OS/c1-2-22-7-6-9-12(8-22)24-17-13(9)16(23)20-15(21-17)10-4-3-5-11(18)14(10)19/h3-5,15,21H,2,6-8H2,1H3,(H,20,23). The van der Waals surface area contributed by atoms with E-state index in [0.29, 0.717) is 10.0 Å². The summed E-state index contributed by atoms with van der Waals surface area (Å²) in [5, 5.41) is 8.34. The third-order valence-electron chi connectivity index (χ3n) is 4.65. The molecular formula is C17H17Cl2N3OS. The van der Waals surface area contributed by atoms with Crippen LogP contribution < -0.4 is 10.6 Å². The highest BCUT2D eigenvalue weighted by atomic mass is 35.5. The fourth-order valence-corrected chi connectivity index (χ4v) is 5.07. The lowest BCUT2D eigenvalue weighted by atomic mass is 10.0. The minimum absolute atomic E-state index is 0.0350. The molecule has 24 heavy (non-hydrogen) atoms. The Morgan fingerprint density at radius 2 is 2.17 bits per heavy atom. The van der Waals surface area contributed by atoms with Gasteiger partial charge in [-0.3, -0.25) is 9.69 Å². The highest BCUT2D eigenvalue weighted by Gasteiger charge is 2.33. The third kappa shape index (κ3) is 2.60. The van der Waals surface area contributed by atoms with Crippen LogP contribution in [0.25, 0.3) is 0 Å². The Kier molecular flexibility index (Phi) is 4.21. The number of carbonyl (C=O) groups excluding carboxylic acids is 1. The van der Waals surface area contributed by atoms with E-state index in [0.717, 1.165) is 42.2 Å². The van der Waals surface area contributed by atoms with Crippen LogP contribution in [0.15, 0.2) is 18.2 Å². The van der Waals surface area contributed by atoms with Gasteiger partial charge in [-0.1, -0.05) is 42.3 Å². The number of hydrogen-bond acceptors (Lipinski definition) is 4. The molecule has 1 aromatic carbocycles. The summed E-state index contributed by atoms with van der Waals surface area (Å²) in [7, 11) is 0. The van der Waals surface area contributed by atoms with Crippen LogP contribution in [-0.2, 0) is 13.0 Å². The summed E-state index contributed by atoms with van der Waals surface area (Å²) in [5.41, 5.74) is 2.78. The predicted octanol–water partition coefficient (Wildman–Crippen LogP) is 4.29. The van der Waals surface area contributed by atoms with Crippen molar-refractivity contribution in [2.75, 3.05) is 18.4 Å². The molecule has 0 radical (unpaired) electrons. The van der Waals surface area contributed by atoms with E-state index >= 15 is 0 Å². The summed E-state index contributed by atoms with van der Waals surface area (Å²) in [6.07, 6.45) is 0.561. The third-order valence-corrected chi connectivity index (χ3v) is 6.64. The summed E-state index contributed by atoms with van der Waals surface area (Å²) < 4.78 is 0. The first kappa shape index (κ1) is 16.2. The van der Waals surface area contributed by atoms with Crippen molar-refractivity contribution in [1.29, 1.82) is 0 Å². The van der Waals surface area contributed by atoms with Gasteiger partial charge in [0.25, 0.3) is 5.91 Å². The Hall–Kier alpha value is -1.27. The second-order valence-corrected chi connectivity index (χ2v) is 7.91. The Morgan fingerprint density at radius 3 is 2.96 bits per heavy atom. The number of likely N-dealkylation sites (N-methyl/N-ethyl adjacent to an activating group) is 1. The molecule has 2 aliphatic heterocycles. The molecular weight excluding hydrogens is 365 g/mol. The van der Waals surface area contributed by atoms with E-state index in [1.165, 1.54) is 10.4 Å². The summed E-state index contributed by atoms with van der Waals surface area (Å²) in [6, 6.07) is 5.46. The largest absolute Gasteiger partial charge is 0.353 e. The zero-order valence-corrected chi connectivity index (χ0v) is 15.5. The number of thiophene rings is 1. The molecule has 0 bridgehead atoms. The molecule has 1 aromatic heterocycles. The van der Waals surface area contributed by atoms with E-state index < -0.39 is 0 Å². The first-order chi connectivity index (χ1) is 11.6. The maximum absolute atomic E-state index is 12.7. The molecule has 0 saturated heterocycles. The Morgan fingerprint density at radius 1 is 1.33 bits per heavy atom. The zero-order chi connectivity index (χ0) is 16.8. The van der Waals surface area contributed by atoms with Gasteiger partial charge in [0.05, 0.1) is 15.6 Å². The molecule has 126 valence electrons. The fourth-order valence-electron chi connectivity index (χ4n) is 3.34. The van der Waals surface area contributed by atoms with Gasteiger partial charge in [0, 0.05) is 23.5 Å². The van der Waals surface area contributed by atoms with Crippen LogP contribution in [0.4, 0.5) is 5.00 Å². The van der Waals surface area contributed by atoms with Gasteiger partial charge in [0.15, 0.2) is 0 Å². The number of anilines is 1. The minimum atomic E-state index is -0.362. The molecule has 3 heterocycles. The molecule has 4 rings (SSSR count). The Labute approximate surface area is 154 Å². The molecule has 0 spiro atoms. The van der Waals surface area contributed by atoms with Crippen molar-refractivity contribution in [3.8, 4) is 0 Å². The van der Waals surface area contributed by atoms with Gasteiger partial charge in [-0.15, -0.1) is 11.3 Å². The monoisotopic (exact) mass is 381 g/mol. The van der Waals surface area contributed by atoms with Crippen molar-refractivity contribution in [1.82, 2.24) is 10.2 Å². The van der Waals surface area contributed by atoms with Crippen LogP contribution in [0.1, 0.15) is 39.5 Å². The lowest BCUT2D eigenvalue weighted by Crippen LogP contribution is -2.39. The lowest BCUT2D eigenvalue weighted by Gasteiger charge is -2.28. The molecule has 1 atom stereocenters.